The Kier molecular flexibility index (Phi) is 4.45. The van der Waals surface area contributed by atoms with E-state index in [9.17, 15) is 4.79 Å². The van der Waals surface area contributed by atoms with Gasteiger partial charge in [0.15, 0.2) is 11.5 Å². The first-order valence-electron chi connectivity index (χ1n) is 4.70. The van der Waals surface area contributed by atoms with Gasteiger partial charge in [0.2, 0.25) is 17.2 Å². The zero-order chi connectivity index (χ0) is 12.8. The smallest absolute Gasteiger partial charge is 0.298 e. The molecule has 0 amide bonds. The fourth-order valence-electron chi connectivity index (χ4n) is 1.44. The van der Waals surface area contributed by atoms with Crippen LogP contribution in [0.5, 0.6) is 28.7 Å². The van der Waals surface area contributed by atoms with Gasteiger partial charge in [0.05, 0.1) is 28.4 Å². The lowest BCUT2D eigenvalue weighted by Gasteiger charge is -2.17. The Balaban J connectivity index is 3.48. The Labute approximate surface area is 99.0 Å². The highest BCUT2D eigenvalue weighted by atomic mass is 16.6. The van der Waals surface area contributed by atoms with Gasteiger partial charge in [-0.1, -0.05) is 0 Å². The molecule has 1 aromatic carbocycles. The summed E-state index contributed by atoms with van der Waals surface area (Å²) in [5, 5.41) is 0. The number of rotatable bonds is 6. The molecule has 0 heterocycles. The van der Waals surface area contributed by atoms with E-state index in [0.717, 1.165) is 0 Å². The predicted molar refractivity (Wildman–Crippen MR) is 59.3 cm³/mol. The molecule has 0 aliphatic rings. The van der Waals surface area contributed by atoms with Crippen LogP contribution < -0.4 is 23.7 Å². The van der Waals surface area contributed by atoms with E-state index in [1.54, 1.807) is 0 Å². The van der Waals surface area contributed by atoms with E-state index in [-0.39, 0.29) is 11.5 Å². The molecule has 0 fully saturated rings. The number of carbonyl (C=O) groups is 1. The quantitative estimate of drug-likeness (QED) is 0.700. The SMILES string of the molecule is COc1cc(OC=O)c(OC)c(OC)c1OC. The summed E-state index contributed by atoms with van der Waals surface area (Å²) >= 11 is 0. The fourth-order valence-corrected chi connectivity index (χ4v) is 1.44. The minimum Gasteiger partial charge on any atom is -0.493 e. The maximum atomic E-state index is 10.4. The van der Waals surface area contributed by atoms with Gasteiger partial charge in [-0.15, -0.1) is 0 Å². The summed E-state index contributed by atoms with van der Waals surface area (Å²) in [6, 6.07) is 1.48. The lowest BCUT2D eigenvalue weighted by Crippen LogP contribution is -2.01. The van der Waals surface area contributed by atoms with Crippen LogP contribution in [0.4, 0.5) is 0 Å². The van der Waals surface area contributed by atoms with Gasteiger partial charge in [-0.25, -0.2) is 0 Å². The van der Waals surface area contributed by atoms with Gasteiger partial charge in [-0.2, -0.15) is 0 Å². The zero-order valence-electron chi connectivity index (χ0n) is 10.1. The Bertz CT molecular complexity index is 401. The van der Waals surface area contributed by atoms with Gasteiger partial charge in [0.1, 0.15) is 0 Å². The maximum Gasteiger partial charge on any atom is 0.298 e. The first-order chi connectivity index (χ1) is 8.23. The van der Waals surface area contributed by atoms with E-state index in [1.165, 1.54) is 34.5 Å². The summed E-state index contributed by atoms with van der Waals surface area (Å²) in [7, 11) is 5.82. The second kappa shape index (κ2) is 5.83. The molecule has 0 unspecified atom stereocenters. The second-order valence-electron chi connectivity index (χ2n) is 2.89. The molecule has 0 aliphatic heterocycles. The molecular formula is C11H14O6. The van der Waals surface area contributed by atoms with Crippen LogP contribution in [0.15, 0.2) is 6.07 Å². The molecular weight excluding hydrogens is 228 g/mol. The van der Waals surface area contributed by atoms with E-state index in [2.05, 4.69) is 0 Å². The van der Waals surface area contributed by atoms with Crippen LogP contribution in [0.25, 0.3) is 0 Å². The van der Waals surface area contributed by atoms with Crippen LogP contribution in [0, 0.1) is 0 Å². The molecule has 0 N–H and O–H groups in total. The summed E-state index contributed by atoms with van der Waals surface area (Å²) < 4.78 is 25.3. The summed E-state index contributed by atoms with van der Waals surface area (Å²) in [5.41, 5.74) is 0. The molecule has 0 bridgehead atoms. The normalized spacial score (nSPS) is 9.41. The van der Waals surface area contributed by atoms with Crippen molar-refractivity contribution in [1.29, 1.82) is 0 Å². The first kappa shape index (κ1) is 13.0. The third kappa shape index (κ3) is 2.35. The van der Waals surface area contributed by atoms with Gasteiger partial charge in [0.25, 0.3) is 6.47 Å². The van der Waals surface area contributed by atoms with Crippen LogP contribution in [0.2, 0.25) is 0 Å². The van der Waals surface area contributed by atoms with E-state index in [1.807, 2.05) is 0 Å². The predicted octanol–water partition coefficient (Wildman–Crippen LogP) is 1.26. The summed E-state index contributed by atoms with van der Waals surface area (Å²) in [6.07, 6.45) is 0. The highest BCUT2D eigenvalue weighted by Gasteiger charge is 2.22. The average molecular weight is 242 g/mol. The highest BCUT2D eigenvalue weighted by molar-refractivity contribution is 5.67. The van der Waals surface area contributed by atoms with Gasteiger partial charge < -0.3 is 23.7 Å². The van der Waals surface area contributed by atoms with E-state index >= 15 is 0 Å². The van der Waals surface area contributed by atoms with Crippen molar-refractivity contribution in [2.24, 2.45) is 0 Å². The molecule has 0 saturated carbocycles. The van der Waals surface area contributed by atoms with E-state index in [4.69, 9.17) is 23.7 Å². The minimum atomic E-state index is 0.192. The lowest BCUT2D eigenvalue weighted by molar-refractivity contribution is -0.120. The Morgan fingerprint density at radius 2 is 1.35 bits per heavy atom. The van der Waals surface area contributed by atoms with Crippen LogP contribution in [0.1, 0.15) is 0 Å². The van der Waals surface area contributed by atoms with Crippen molar-refractivity contribution >= 4 is 6.47 Å². The van der Waals surface area contributed by atoms with Crippen LogP contribution in [-0.4, -0.2) is 34.9 Å². The molecule has 0 atom stereocenters. The third-order valence-electron chi connectivity index (χ3n) is 2.13. The lowest BCUT2D eigenvalue weighted by atomic mass is 10.2. The van der Waals surface area contributed by atoms with Crippen molar-refractivity contribution in [2.45, 2.75) is 0 Å². The number of hydrogen-bond acceptors (Lipinski definition) is 6. The molecule has 6 nitrogen and oxygen atoms in total. The topological polar surface area (TPSA) is 63.2 Å². The minimum absolute atomic E-state index is 0.192. The number of carbonyl (C=O) groups excluding carboxylic acids is 1. The summed E-state index contributed by atoms with van der Waals surface area (Å²) in [6.45, 7) is 0.295. The largest absolute Gasteiger partial charge is 0.493 e. The highest BCUT2D eigenvalue weighted by Crippen LogP contribution is 2.49. The number of methoxy groups -OCH3 is 4. The Hall–Kier alpha value is -2.11. The molecule has 0 radical (unpaired) electrons. The second-order valence-corrected chi connectivity index (χ2v) is 2.89. The molecule has 0 aromatic heterocycles. The van der Waals surface area contributed by atoms with Gasteiger partial charge >= 0.3 is 0 Å². The number of benzene rings is 1. The van der Waals surface area contributed by atoms with Crippen molar-refractivity contribution < 1.29 is 28.5 Å². The third-order valence-corrected chi connectivity index (χ3v) is 2.13. The molecule has 0 aliphatic carbocycles. The van der Waals surface area contributed by atoms with Crippen molar-refractivity contribution in [3.8, 4) is 28.7 Å². The fraction of sp³-hybridized carbons (Fsp3) is 0.364. The zero-order valence-corrected chi connectivity index (χ0v) is 10.1. The summed E-state index contributed by atoms with van der Waals surface area (Å²) in [4.78, 5) is 10.4. The van der Waals surface area contributed by atoms with Crippen molar-refractivity contribution in [2.75, 3.05) is 28.4 Å². The van der Waals surface area contributed by atoms with Crippen molar-refractivity contribution in [1.82, 2.24) is 0 Å². The molecule has 17 heavy (non-hydrogen) atoms. The van der Waals surface area contributed by atoms with Gasteiger partial charge in [0, 0.05) is 6.07 Å². The van der Waals surface area contributed by atoms with Gasteiger partial charge in [-0.05, 0) is 0 Å². The Morgan fingerprint density at radius 3 is 1.76 bits per heavy atom. The molecule has 0 saturated heterocycles. The molecule has 0 spiro atoms. The van der Waals surface area contributed by atoms with Crippen molar-refractivity contribution in [3.63, 3.8) is 0 Å². The van der Waals surface area contributed by atoms with Crippen LogP contribution in [0.3, 0.4) is 0 Å². The van der Waals surface area contributed by atoms with Crippen LogP contribution in [-0.2, 0) is 4.79 Å². The number of hydrogen-bond donors (Lipinski definition) is 0. The molecule has 94 valence electrons. The molecule has 1 rings (SSSR count). The monoisotopic (exact) mass is 242 g/mol. The van der Waals surface area contributed by atoms with Crippen molar-refractivity contribution in [3.05, 3.63) is 6.07 Å². The molecule has 1 aromatic rings. The standard InChI is InChI=1S/C11H14O6/c1-13-7-5-8(17-6-12)10(15-3)11(16-4)9(7)14-2/h5-6H,1-4H3. The Morgan fingerprint density at radius 1 is 0.824 bits per heavy atom. The van der Waals surface area contributed by atoms with E-state index in [0.29, 0.717) is 23.7 Å². The molecule has 6 heteroatoms. The first-order valence-corrected chi connectivity index (χ1v) is 4.70. The number of ether oxygens (including phenoxy) is 5. The summed E-state index contributed by atoms with van der Waals surface area (Å²) in [5.74, 6) is 1.49. The van der Waals surface area contributed by atoms with Gasteiger partial charge in [-0.3, -0.25) is 4.79 Å². The maximum absolute atomic E-state index is 10.4. The van der Waals surface area contributed by atoms with Crippen LogP contribution >= 0.6 is 0 Å². The average Bonchev–Trinajstić information content (AvgIpc) is 2.37. The van der Waals surface area contributed by atoms with E-state index < -0.39 is 0 Å².